The Morgan fingerprint density at radius 1 is 1.25 bits per heavy atom. The van der Waals surface area contributed by atoms with Gasteiger partial charge in [0.05, 0.1) is 12.7 Å². The summed E-state index contributed by atoms with van der Waals surface area (Å²) in [7, 11) is 1.22. The first-order valence-electron chi connectivity index (χ1n) is 6.27. The van der Waals surface area contributed by atoms with E-state index in [1.165, 1.54) is 7.11 Å². The number of carbonyl (C=O) groups is 1. The quantitative estimate of drug-likeness (QED) is 0.679. The molecule has 24 heavy (non-hydrogen) atoms. The number of ether oxygens (including phenoxy) is 2. The number of nitrogens with one attached hydrogen (secondary N) is 1. The summed E-state index contributed by atoms with van der Waals surface area (Å²) < 4.78 is 61.3. The number of nitrogens with zero attached hydrogens (tertiary/aromatic N) is 1. The molecule has 1 heterocycles. The molecule has 0 atom stereocenters. The highest BCUT2D eigenvalue weighted by Gasteiger charge is 2.32. The van der Waals surface area contributed by atoms with Crippen LogP contribution in [0.4, 0.5) is 17.6 Å². The van der Waals surface area contributed by atoms with Crippen LogP contribution < -0.4 is 15.0 Å². The van der Waals surface area contributed by atoms with E-state index in [1.54, 1.807) is 0 Å². The zero-order valence-corrected chi connectivity index (χ0v) is 12.0. The number of carbonyl (C=O) groups excluding carboxylic acids is 1. The summed E-state index contributed by atoms with van der Waals surface area (Å²) in [6.07, 6.45) is -4.33. The van der Waals surface area contributed by atoms with Crippen molar-refractivity contribution in [1.29, 1.82) is 0 Å². The molecule has 0 bridgehead atoms. The van der Waals surface area contributed by atoms with Crippen LogP contribution in [-0.2, 0) is 6.18 Å². The van der Waals surface area contributed by atoms with Crippen molar-refractivity contribution in [1.82, 2.24) is 10.5 Å². The van der Waals surface area contributed by atoms with Crippen LogP contribution in [0.3, 0.4) is 0 Å². The van der Waals surface area contributed by atoms with Crippen molar-refractivity contribution >= 4 is 5.91 Å². The number of hydroxylamine groups is 1. The van der Waals surface area contributed by atoms with Crippen LogP contribution in [0.25, 0.3) is 0 Å². The van der Waals surface area contributed by atoms with Crippen LogP contribution in [0.15, 0.2) is 30.5 Å². The molecule has 0 spiro atoms. The number of hydrogen-bond acceptors (Lipinski definition) is 5. The van der Waals surface area contributed by atoms with Crippen LogP contribution >= 0.6 is 0 Å². The maximum Gasteiger partial charge on any atom is 0.417 e. The number of rotatable bonds is 4. The van der Waals surface area contributed by atoms with Gasteiger partial charge in [0.2, 0.25) is 11.8 Å². The molecule has 1 aromatic heterocycles. The number of methoxy groups -OCH3 is 1. The van der Waals surface area contributed by atoms with Crippen molar-refractivity contribution < 1.29 is 31.8 Å². The normalized spacial score (nSPS) is 11.1. The van der Waals surface area contributed by atoms with Crippen molar-refractivity contribution in [3.8, 4) is 17.4 Å². The Balaban J connectivity index is 2.48. The molecule has 0 saturated carbocycles. The molecule has 0 aliphatic heterocycles. The van der Waals surface area contributed by atoms with Crippen LogP contribution in [-0.4, -0.2) is 18.0 Å². The second-order valence-corrected chi connectivity index (χ2v) is 4.40. The molecule has 6 nitrogen and oxygen atoms in total. The number of alkyl halides is 3. The highest BCUT2D eigenvalue weighted by atomic mass is 19.4. The Kier molecular flexibility index (Phi) is 4.88. The monoisotopic (exact) mass is 345 g/mol. The van der Waals surface area contributed by atoms with Crippen molar-refractivity contribution in [3.63, 3.8) is 0 Å². The largest absolute Gasteiger partial charge is 0.759 e. The van der Waals surface area contributed by atoms with Gasteiger partial charge >= 0.3 is 6.18 Å². The molecule has 0 aliphatic carbocycles. The summed E-state index contributed by atoms with van der Waals surface area (Å²) in [6, 6.07) is 3.53. The fraction of sp³-hybridized carbons (Fsp3) is 0.143. The third-order valence-corrected chi connectivity index (χ3v) is 2.85. The number of amides is 1. The lowest BCUT2D eigenvalue weighted by Crippen LogP contribution is -2.19. The van der Waals surface area contributed by atoms with Gasteiger partial charge < -0.3 is 20.2 Å². The van der Waals surface area contributed by atoms with Crippen LogP contribution in [0, 0.1) is 11.0 Å². The first-order valence-corrected chi connectivity index (χ1v) is 6.27. The molecule has 1 aromatic carbocycles. The molecule has 1 N–H and O–H groups in total. The van der Waals surface area contributed by atoms with Gasteiger partial charge in [0.25, 0.3) is 0 Å². The van der Waals surface area contributed by atoms with Crippen molar-refractivity contribution in [2.75, 3.05) is 7.11 Å². The lowest BCUT2D eigenvalue weighted by molar-refractivity contribution is -0.137. The molecule has 10 heteroatoms. The predicted molar refractivity (Wildman–Crippen MR) is 73.1 cm³/mol. The molecule has 0 saturated heterocycles. The van der Waals surface area contributed by atoms with E-state index in [0.29, 0.717) is 12.3 Å². The van der Waals surface area contributed by atoms with Gasteiger partial charge in [0.1, 0.15) is 11.4 Å². The van der Waals surface area contributed by atoms with E-state index >= 15 is 0 Å². The first-order chi connectivity index (χ1) is 11.3. The van der Waals surface area contributed by atoms with E-state index in [0.717, 1.165) is 23.7 Å². The minimum absolute atomic E-state index is 0.0785. The number of hydrogen-bond donors (Lipinski definition) is 1. The number of pyridine rings is 1. The number of aromatic nitrogens is 1. The second kappa shape index (κ2) is 6.71. The van der Waals surface area contributed by atoms with Crippen molar-refractivity contribution in [2.24, 2.45) is 0 Å². The van der Waals surface area contributed by atoms with E-state index in [9.17, 15) is 27.6 Å². The Labute approximate surface area is 132 Å². The third-order valence-electron chi connectivity index (χ3n) is 2.85. The standard InChI is InChI=1S/C14H9F4N2O4/c1-23-11-5-8(15)2-3-10(11)24-13-9(12(21)20-22)4-7(6-19-13)14(16,17)18/h2-6H,1H3,(H-,20,21,22)/q-1. The molecule has 2 rings (SSSR count). The Bertz CT molecular complexity index is 765. The van der Waals surface area contributed by atoms with Crippen LogP contribution in [0.2, 0.25) is 0 Å². The minimum Gasteiger partial charge on any atom is -0.759 e. The van der Waals surface area contributed by atoms with Crippen molar-refractivity contribution in [3.05, 3.63) is 52.6 Å². The van der Waals surface area contributed by atoms with Crippen LogP contribution in [0.1, 0.15) is 15.9 Å². The van der Waals surface area contributed by atoms with E-state index in [2.05, 4.69) is 4.98 Å². The average molecular weight is 345 g/mol. The summed E-state index contributed by atoms with van der Waals surface area (Å²) in [5, 5.41) is 10.5. The SMILES string of the molecule is COc1cc(F)ccc1Oc1ncc(C(F)(F)F)cc1C(=O)N[O-]. The van der Waals surface area contributed by atoms with E-state index in [1.807, 2.05) is 0 Å². The maximum absolute atomic E-state index is 13.1. The van der Waals surface area contributed by atoms with Gasteiger partial charge in [-0.15, -0.1) is 0 Å². The number of benzene rings is 1. The summed E-state index contributed by atoms with van der Waals surface area (Å²) in [4.78, 5) is 14.9. The molecule has 128 valence electrons. The summed E-state index contributed by atoms with van der Waals surface area (Å²) >= 11 is 0. The summed E-state index contributed by atoms with van der Waals surface area (Å²) in [5.41, 5.74) is -1.01. The Hall–Kier alpha value is -2.88. The minimum atomic E-state index is -4.77. The topological polar surface area (TPSA) is 83.5 Å². The lowest BCUT2D eigenvalue weighted by atomic mass is 10.2. The van der Waals surface area contributed by atoms with Gasteiger partial charge in [-0.05, 0) is 18.2 Å². The summed E-state index contributed by atoms with van der Waals surface area (Å²) in [5.74, 6) is -2.76. The molecular formula is C14H9F4N2O4-. The van der Waals surface area contributed by atoms with Gasteiger partial charge in [0.15, 0.2) is 11.5 Å². The molecule has 0 radical (unpaired) electrons. The average Bonchev–Trinajstić information content (AvgIpc) is 2.55. The maximum atomic E-state index is 13.1. The molecule has 0 aliphatic rings. The Morgan fingerprint density at radius 3 is 2.54 bits per heavy atom. The van der Waals surface area contributed by atoms with Gasteiger partial charge in [-0.25, -0.2) is 9.37 Å². The van der Waals surface area contributed by atoms with Gasteiger partial charge in [-0.3, -0.25) is 4.79 Å². The molecular weight excluding hydrogens is 336 g/mol. The van der Waals surface area contributed by atoms with Gasteiger partial charge in [0, 0.05) is 12.3 Å². The highest BCUT2D eigenvalue weighted by Crippen LogP contribution is 2.35. The molecule has 0 unspecified atom stereocenters. The smallest absolute Gasteiger partial charge is 0.417 e. The van der Waals surface area contributed by atoms with Gasteiger partial charge in [-0.2, -0.15) is 13.2 Å². The van der Waals surface area contributed by atoms with E-state index < -0.39 is 34.9 Å². The molecule has 2 aromatic rings. The highest BCUT2D eigenvalue weighted by molar-refractivity contribution is 5.96. The fourth-order valence-electron chi connectivity index (χ4n) is 1.74. The summed E-state index contributed by atoms with van der Waals surface area (Å²) in [6.45, 7) is 0. The zero-order chi connectivity index (χ0) is 17.9. The fourth-order valence-corrected chi connectivity index (χ4v) is 1.74. The number of halogens is 4. The second-order valence-electron chi connectivity index (χ2n) is 4.40. The van der Waals surface area contributed by atoms with E-state index in [4.69, 9.17) is 9.47 Å². The molecule has 1 amide bonds. The first kappa shape index (κ1) is 17.5. The molecule has 0 fully saturated rings. The Morgan fingerprint density at radius 2 is 1.96 bits per heavy atom. The van der Waals surface area contributed by atoms with E-state index in [-0.39, 0.29) is 11.5 Å². The van der Waals surface area contributed by atoms with Gasteiger partial charge in [-0.1, -0.05) is 0 Å². The lowest BCUT2D eigenvalue weighted by Gasteiger charge is -2.15. The third kappa shape index (κ3) is 3.71. The predicted octanol–water partition coefficient (Wildman–Crippen LogP) is 3.27. The van der Waals surface area contributed by atoms with Crippen LogP contribution in [0.5, 0.6) is 17.4 Å². The van der Waals surface area contributed by atoms with Crippen molar-refractivity contribution in [2.45, 2.75) is 6.18 Å². The zero-order valence-electron chi connectivity index (χ0n) is 12.0.